The molecule has 0 saturated carbocycles. The molecule has 2 aromatic carbocycles. The predicted molar refractivity (Wildman–Crippen MR) is 106 cm³/mol. The van der Waals surface area contributed by atoms with Crippen molar-refractivity contribution in [2.45, 2.75) is 26.3 Å². The number of carbonyl (C=O) groups is 1. The van der Waals surface area contributed by atoms with Gasteiger partial charge >= 0.3 is 0 Å². The molecule has 140 valence electrons. The van der Waals surface area contributed by atoms with E-state index >= 15 is 0 Å². The molecular weight excluding hydrogens is 348 g/mol. The quantitative estimate of drug-likeness (QED) is 0.805. The molecule has 26 heavy (non-hydrogen) atoms. The van der Waals surface area contributed by atoms with Crippen molar-refractivity contribution in [3.05, 3.63) is 65.7 Å². The van der Waals surface area contributed by atoms with Gasteiger partial charge in [-0.3, -0.25) is 9.10 Å². The topological polar surface area (TPSA) is 66.5 Å². The highest BCUT2D eigenvalue weighted by atomic mass is 32.2. The number of amides is 1. The maximum atomic E-state index is 12.6. The third-order valence-corrected chi connectivity index (χ3v) is 5.41. The first-order valence-corrected chi connectivity index (χ1v) is 10.4. The number of rotatable bonds is 7. The van der Waals surface area contributed by atoms with Crippen molar-refractivity contribution in [3.8, 4) is 0 Å². The summed E-state index contributed by atoms with van der Waals surface area (Å²) in [4.78, 5) is 12.6. The molecule has 0 aromatic heterocycles. The highest BCUT2D eigenvalue weighted by Gasteiger charge is 2.18. The Balaban J connectivity index is 2.16. The zero-order valence-corrected chi connectivity index (χ0v) is 16.5. The highest BCUT2D eigenvalue weighted by molar-refractivity contribution is 7.92. The lowest BCUT2D eigenvalue weighted by Crippen LogP contribution is -2.29. The standard InChI is InChI=1S/C20H26N2O3S/c1-15(2)14-19(16-8-6-5-7-9-16)21-20(23)17-10-12-18(13-11-17)22(3)26(4,24)25/h5-13,15,19H,14H2,1-4H3,(H,21,23)/t19-/m0/s1. The van der Waals surface area contributed by atoms with Crippen LogP contribution in [0.4, 0.5) is 5.69 Å². The predicted octanol–water partition coefficient (Wildman–Crippen LogP) is 3.60. The molecule has 1 N–H and O–H groups in total. The normalized spacial score (nSPS) is 12.7. The zero-order chi connectivity index (χ0) is 19.3. The molecule has 2 aromatic rings. The molecule has 0 aliphatic rings. The SMILES string of the molecule is CC(C)C[C@H](NC(=O)c1ccc(N(C)S(C)(=O)=O)cc1)c1ccccc1. The van der Waals surface area contributed by atoms with Crippen molar-refractivity contribution in [2.75, 3.05) is 17.6 Å². The Morgan fingerprint density at radius 3 is 2.12 bits per heavy atom. The second kappa shape index (κ2) is 8.36. The molecule has 1 amide bonds. The van der Waals surface area contributed by atoms with E-state index in [4.69, 9.17) is 0 Å². The van der Waals surface area contributed by atoms with Crippen LogP contribution in [0.3, 0.4) is 0 Å². The van der Waals surface area contributed by atoms with Crippen molar-refractivity contribution < 1.29 is 13.2 Å². The number of nitrogens with one attached hydrogen (secondary N) is 1. The molecule has 0 saturated heterocycles. The molecule has 0 unspecified atom stereocenters. The number of hydrogen-bond donors (Lipinski definition) is 1. The number of nitrogens with zero attached hydrogens (tertiary/aromatic N) is 1. The van der Waals surface area contributed by atoms with Crippen LogP contribution in [0.25, 0.3) is 0 Å². The number of benzene rings is 2. The Hall–Kier alpha value is -2.34. The van der Waals surface area contributed by atoms with E-state index in [1.165, 1.54) is 11.4 Å². The molecule has 6 heteroatoms. The van der Waals surface area contributed by atoms with Gasteiger partial charge in [0.05, 0.1) is 18.0 Å². The minimum Gasteiger partial charge on any atom is -0.345 e. The Labute approximate surface area is 156 Å². The third-order valence-electron chi connectivity index (χ3n) is 4.20. The molecule has 1 atom stereocenters. The first-order valence-electron chi connectivity index (χ1n) is 8.58. The molecule has 0 spiro atoms. The summed E-state index contributed by atoms with van der Waals surface area (Å²) in [6, 6.07) is 16.4. The number of sulfonamides is 1. The van der Waals surface area contributed by atoms with Crippen molar-refractivity contribution in [1.29, 1.82) is 0 Å². The average molecular weight is 375 g/mol. The second-order valence-corrected chi connectivity index (χ2v) is 8.86. The summed E-state index contributed by atoms with van der Waals surface area (Å²) >= 11 is 0. The van der Waals surface area contributed by atoms with Gasteiger partial charge in [0.25, 0.3) is 5.91 Å². The fraction of sp³-hybridized carbons (Fsp3) is 0.350. The Morgan fingerprint density at radius 2 is 1.62 bits per heavy atom. The van der Waals surface area contributed by atoms with Crippen molar-refractivity contribution >= 4 is 21.6 Å². The van der Waals surface area contributed by atoms with E-state index < -0.39 is 10.0 Å². The van der Waals surface area contributed by atoms with E-state index in [1.807, 2.05) is 30.3 Å². The van der Waals surface area contributed by atoms with Crippen LogP contribution in [0, 0.1) is 5.92 Å². The molecule has 0 heterocycles. The van der Waals surface area contributed by atoms with Gasteiger partial charge in [0.2, 0.25) is 10.0 Å². The minimum atomic E-state index is -3.32. The van der Waals surface area contributed by atoms with Gasteiger partial charge in [0.15, 0.2) is 0 Å². The molecule has 5 nitrogen and oxygen atoms in total. The lowest BCUT2D eigenvalue weighted by atomic mass is 9.96. The fourth-order valence-corrected chi connectivity index (χ4v) is 3.20. The lowest BCUT2D eigenvalue weighted by molar-refractivity contribution is 0.0932. The molecule has 2 rings (SSSR count). The van der Waals surface area contributed by atoms with Gasteiger partial charge < -0.3 is 5.32 Å². The van der Waals surface area contributed by atoms with Crippen LogP contribution >= 0.6 is 0 Å². The van der Waals surface area contributed by atoms with Crippen LogP contribution in [0.15, 0.2) is 54.6 Å². The van der Waals surface area contributed by atoms with E-state index in [0.29, 0.717) is 17.2 Å². The van der Waals surface area contributed by atoms with Gasteiger partial charge in [-0.2, -0.15) is 0 Å². The first kappa shape index (κ1) is 20.0. The molecular formula is C20H26N2O3S. The molecule has 0 radical (unpaired) electrons. The maximum absolute atomic E-state index is 12.6. The van der Waals surface area contributed by atoms with E-state index in [1.54, 1.807) is 24.3 Å². The third kappa shape index (κ3) is 5.33. The largest absolute Gasteiger partial charge is 0.345 e. The summed E-state index contributed by atoms with van der Waals surface area (Å²) in [5.41, 5.74) is 2.09. The first-order chi connectivity index (χ1) is 12.2. The summed E-state index contributed by atoms with van der Waals surface area (Å²) < 4.78 is 24.4. The Morgan fingerprint density at radius 1 is 1.04 bits per heavy atom. The second-order valence-electron chi connectivity index (χ2n) is 6.84. The van der Waals surface area contributed by atoms with Gasteiger partial charge in [-0.25, -0.2) is 8.42 Å². The van der Waals surface area contributed by atoms with E-state index in [-0.39, 0.29) is 11.9 Å². The van der Waals surface area contributed by atoms with Crippen LogP contribution in [0.2, 0.25) is 0 Å². The van der Waals surface area contributed by atoms with Crippen molar-refractivity contribution in [1.82, 2.24) is 5.32 Å². The average Bonchev–Trinajstić information content (AvgIpc) is 2.60. The minimum absolute atomic E-state index is 0.0675. The molecule has 0 aliphatic carbocycles. The van der Waals surface area contributed by atoms with Gasteiger partial charge in [0, 0.05) is 12.6 Å². The van der Waals surface area contributed by atoms with E-state index in [0.717, 1.165) is 18.2 Å². The van der Waals surface area contributed by atoms with Crippen LogP contribution in [-0.4, -0.2) is 27.6 Å². The molecule has 0 bridgehead atoms. The van der Waals surface area contributed by atoms with Crippen LogP contribution in [-0.2, 0) is 10.0 Å². The summed E-state index contributed by atoms with van der Waals surface area (Å²) in [5, 5.41) is 3.09. The Kier molecular flexibility index (Phi) is 6.42. The number of carbonyl (C=O) groups excluding carboxylic acids is 1. The van der Waals surface area contributed by atoms with Gasteiger partial charge in [-0.05, 0) is 42.2 Å². The lowest BCUT2D eigenvalue weighted by Gasteiger charge is -2.21. The maximum Gasteiger partial charge on any atom is 0.251 e. The molecule has 0 fully saturated rings. The summed E-state index contributed by atoms with van der Waals surface area (Å²) in [6.07, 6.45) is 1.98. The van der Waals surface area contributed by atoms with Gasteiger partial charge in [0.1, 0.15) is 0 Å². The highest BCUT2D eigenvalue weighted by Crippen LogP contribution is 2.22. The fourth-order valence-electron chi connectivity index (χ4n) is 2.69. The number of anilines is 1. The van der Waals surface area contributed by atoms with Crippen LogP contribution < -0.4 is 9.62 Å². The monoisotopic (exact) mass is 374 g/mol. The van der Waals surface area contributed by atoms with Crippen LogP contribution in [0.1, 0.15) is 42.2 Å². The summed E-state index contributed by atoms with van der Waals surface area (Å²) in [7, 11) is -1.84. The molecule has 0 aliphatic heterocycles. The summed E-state index contributed by atoms with van der Waals surface area (Å²) in [6.45, 7) is 4.25. The Bertz CT molecular complexity index is 831. The van der Waals surface area contributed by atoms with E-state index in [9.17, 15) is 13.2 Å². The summed E-state index contributed by atoms with van der Waals surface area (Å²) in [5.74, 6) is 0.263. The van der Waals surface area contributed by atoms with Gasteiger partial charge in [-0.1, -0.05) is 44.2 Å². The van der Waals surface area contributed by atoms with Crippen molar-refractivity contribution in [3.63, 3.8) is 0 Å². The van der Waals surface area contributed by atoms with E-state index in [2.05, 4.69) is 19.2 Å². The van der Waals surface area contributed by atoms with Gasteiger partial charge in [-0.15, -0.1) is 0 Å². The number of hydrogen-bond acceptors (Lipinski definition) is 3. The smallest absolute Gasteiger partial charge is 0.251 e. The van der Waals surface area contributed by atoms with Crippen LogP contribution in [0.5, 0.6) is 0 Å². The zero-order valence-electron chi connectivity index (χ0n) is 15.6. The van der Waals surface area contributed by atoms with Crippen molar-refractivity contribution in [2.24, 2.45) is 5.92 Å².